The smallest absolute Gasteiger partial charge is 0.177 e. The van der Waals surface area contributed by atoms with Gasteiger partial charge in [-0.2, -0.15) is 0 Å². The van der Waals surface area contributed by atoms with Gasteiger partial charge in [0.1, 0.15) is 0 Å². The van der Waals surface area contributed by atoms with Gasteiger partial charge in [0.05, 0.1) is 0 Å². The number of imidazole rings is 1. The van der Waals surface area contributed by atoms with E-state index < -0.39 is 0 Å². The maximum atomic E-state index is 5.20. The summed E-state index contributed by atoms with van der Waals surface area (Å²) in [5.41, 5.74) is 1.25. The van der Waals surface area contributed by atoms with Gasteiger partial charge in [0.25, 0.3) is 0 Å². The fourth-order valence-corrected chi connectivity index (χ4v) is 2.13. The molecule has 0 saturated heterocycles. The largest absolute Gasteiger partial charge is 0.337 e. The topological polar surface area (TPSA) is 20.7 Å². The number of rotatable bonds is 2. The number of nitrogens with zero attached hydrogens (tertiary/aromatic N) is 1. The Morgan fingerprint density at radius 2 is 2.33 bits per heavy atom. The molecular formula is C9H14N2S. The summed E-state index contributed by atoms with van der Waals surface area (Å²) >= 11 is 5.20. The molecule has 66 valence electrons. The maximum Gasteiger partial charge on any atom is 0.177 e. The summed E-state index contributed by atoms with van der Waals surface area (Å²) in [5.74, 6) is 0.867. The lowest BCUT2D eigenvalue weighted by Crippen LogP contribution is -2.08. The molecule has 0 amide bonds. The number of H-pyrrole nitrogens is 1. The van der Waals surface area contributed by atoms with E-state index in [4.69, 9.17) is 12.2 Å². The average Bonchev–Trinajstić information content (AvgIpc) is 2.79. The maximum absolute atomic E-state index is 5.20. The Bertz CT molecular complexity index is 333. The van der Waals surface area contributed by atoms with Crippen molar-refractivity contribution >= 4 is 12.2 Å². The fraction of sp³-hybridized carbons (Fsp3) is 0.667. The van der Waals surface area contributed by atoms with Crippen molar-refractivity contribution < 1.29 is 0 Å². The van der Waals surface area contributed by atoms with Crippen LogP contribution in [0.3, 0.4) is 0 Å². The van der Waals surface area contributed by atoms with Crippen LogP contribution in [0.1, 0.15) is 31.5 Å². The van der Waals surface area contributed by atoms with Crippen molar-refractivity contribution in [2.45, 2.75) is 32.7 Å². The van der Waals surface area contributed by atoms with Gasteiger partial charge < -0.3 is 9.55 Å². The third-order valence-corrected chi connectivity index (χ3v) is 3.03. The Morgan fingerprint density at radius 1 is 1.67 bits per heavy atom. The van der Waals surface area contributed by atoms with Crippen LogP contribution in [0.25, 0.3) is 0 Å². The second kappa shape index (κ2) is 2.73. The van der Waals surface area contributed by atoms with Gasteiger partial charge in [-0.15, -0.1) is 0 Å². The molecule has 0 radical (unpaired) electrons. The average molecular weight is 182 g/mol. The second-order valence-electron chi connectivity index (χ2n) is 3.68. The van der Waals surface area contributed by atoms with Gasteiger partial charge >= 0.3 is 0 Å². The number of aryl methyl sites for hydroxylation is 1. The van der Waals surface area contributed by atoms with Gasteiger partial charge in [-0.05, 0) is 44.8 Å². The number of nitrogens with one attached hydrogen (secondary N) is 1. The van der Waals surface area contributed by atoms with Crippen molar-refractivity contribution in [2.75, 3.05) is 0 Å². The first-order valence-corrected chi connectivity index (χ1v) is 4.87. The summed E-state index contributed by atoms with van der Waals surface area (Å²) in [4.78, 5) is 3.08. The van der Waals surface area contributed by atoms with Gasteiger partial charge in [-0.25, -0.2) is 0 Å². The van der Waals surface area contributed by atoms with Crippen molar-refractivity contribution in [3.63, 3.8) is 0 Å². The molecular weight excluding hydrogens is 168 g/mol. The van der Waals surface area contributed by atoms with E-state index >= 15 is 0 Å². The second-order valence-corrected chi connectivity index (χ2v) is 4.07. The zero-order valence-corrected chi connectivity index (χ0v) is 8.32. The van der Waals surface area contributed by atoms with Crippen molar-refractivity contribution in [1.82, 2.24) is 9.55 Å². The van der Waals surface area contributed by atoms with Crippen LogP contribution in [0.15, 0.2) is 6.20 Å². The van der Waals surface area contributed by atoms with Crippen molar-refractivity contribution in [3.8, 4) is 0 Å². The predicted octanol–water partition coefficient (Wildman–Crippen LogP) is 2.83. The third-order valence-electron chi connectivity index (χ3n) is 2.71. The zero-order valence-electron chi connectivity index (χ0n) is 7.50. The van der Waals surface area contributed by atoms with Gasteiger partial charge in [0, 0.05) is 17.9 Å². The molecule has 1 saturated carbocycles. The minimum atomic E-state index is 0.587. The van der Waals surface area contributed by atoms with E-state index in [0.29, 0.717) is 6.04 Å². The van der Waals surface area contributed by atoms with Crippen LogP contribution in [0.5, 0.6) is 0 Å². The van der Waals surface area contributed by atoms with Crippen molar-refractivity contribution in [3.05, 3.63) is 16.7 Å². The molecule has 0 aromatic carbocycles. The van der Waals surface area contributed by atoms with Gasteiger partial charge in [-0.3, -0.25) is 0 Å². The van der Waals surface area contributed by atoms with E-state index in [9.17, 15) is 0 Å². The van der Waals surface area contributed by atoms with Gasteiger partial charge in [0.2, 0.25) is 0 Å². The minimum absolute atomic E-state index is 0.587. The summed E-state index contributed by atoms with van der Waals surface area (Å²) < 4.78 is 3.10. The molecule has 1 aliphatic carbocycles. The monoisotopic (exact) mass is 182 g/mol. The molecule has 1 aromatic rings. The molecule has 12 heavy (non-hydrogen) atoms. The Kier molecular flexibility index (Phi) is 1.83. The van der Waals surface area contributed by atoms with E-state index in [1.54, 1.807) is 0 Å². The Morgan fingerprint density at radius 3 is 2.75 bits per heavy atom. The fourth-order valence-electron chi connectivity index (χ4n) is 1.76. The van der Waals surface area contributed by atoms with Crippen LogP contribution in [-0.4, -0.2) is 9.55 Å². The van der Waals surface area contributed by atoms with Crippen LogP contribution in [0.4, 0.5) is 0 Å². The van der Waals surface area contributed by atoms with E-state index in [0.717, 1.165) is 10.7 Å². The van der Waals surface area contributed by atoms with Crippen LogP contribution in [0.2, 0.25) is 0 Å². The predicted molar refractivity (Wildman–Crippen MR) is 51.8 cm³/mol. The summed E-state index contributed by atoms with van der Waals surface area (Å²) in [6, 6.07) is 0.587. The minimum Gasteiger partial charge on any atom is -0.337 e. The lowest BCUT2D eigenvalue weighted by Gasteiger charge is -2.13. The summed E-state index contributed by atoms with van der Waals surface area (Å²) in [6.07, 6.45) is 4.72. The number of hydrogen-bond donors (Lipinski definition) is 1. The number of aromatic amines is 1. The van der Waals surface area contributed by atoms with E-state index in [2.05, 4.69) is 23.4 Å². The summed E-state index contributed by atoms with van der Waals surface area (Å²) in [6.45, 7) is 4.36. The first-order chi connectivity index (χ1) is 5.70. The Balaban J connectivity index is 2.36. The molecule has 1 heterocycles. The van der Waals surface area contributed by atoms with Crippen LogP contribution in [-0.2, 0) is 0 Å². The zero-order chi connectivity index (χ0) is 8.72. The summed E-state index contributed by atoms with van der Waals surface area (Å²) in [7, 11) is 0. The first kappa shape index (κ1) is 8.05. The highest BCUT2D eigenvalue weighted by atomic mass is 32.1. The highest BCUT2D eigenvalue weighted by Crippen LogP contribution is 2.39. The van der Waals surface area contributed by atoms with Crippen LogP contribution in [0, 0.1) is 17.6 Å². The lowest BCUT2D eigenvalue weighted by molar-refractivity contribution is 0.472. The Hall–Kier alpha value is -0.570. The summed E-state index contributed by atoms with van der Waals surface area (Å²) in [5, 5.41) is 0. The molecule has 1 unspecified atom stereocenters. The van der Waals surface area contributed by atoms with Crippen LogP contribution >= 0.6 is 12.2 Å². The molecule has 3 heteroatoms. The molecule has 2 rings (SSSR count). The number of aromatic nitrogens is 2. The molecule has 1 aromatic heterocycles. The van der Waals surface area contributed by atoms with Gasteiger partial charge in [-0.1, -0.05) is 0 Å². The molecule has 1 fully saturated rings. The van der Waals surface area contributed by atoms with E-state index in [-0.39, 0.29) is 0 Å². The van der Waals surface area contributed by atoms with Crippen molar-refractivity contribution in [2.24, 2.45) is 5.92 Å². The number of hydrogen-bond acceptors (Lipinski definition) is 1. The van der Waals surface area contributed by atoms with E-state index in [1.165, 1.54) is 18.5 Å². The first-order valence-electron chi connectivity index (χ1n) is 4.46. The highest BCUT2D eigenvalue weighted by molar-refractivity contribution is 7.71. The molecule has 0 aliphatic heterocycles. The molecule has 1 N–H and O–H groups in total. The molecule has 0 bridgehead atoms. The lowest BCUT2D eigenvalue weighted by atomic mass is 10.2. The molecule has 1 aliphatic rings. The van der Waals surface area contributed by atoms with E-state index in [1.807, 2.05) is 6.20 Å². The molecule has 2 nitrogen and oxygen atoms in total. The quantitative estimate of drug-likeness (QED) is 0.697. The highest BCUT2D eigenvalue weighted by Gasteiger charge is 2.29. The van der Waals surface area contributed by atoms with Gasteiger partial charge in [0.15, 0.2) is 4.77 Å². The Labute approximate surface area is 77.6 Å². The van der Waals surface area contributed by atoms with Crippen LogP contribution < -0.4 is 0 Å². The molecule has 0 spiro atoms. The standard InChI is InChI=1S/C9H14N2S/c1-6-5-10-9(12)11(6)7(2)8-3-4-8/h5,7-8H,3-4H2,1-2H3,(H,10,12). The van der Waals surface area contributed by atoms with Crippen molar-refractivity contribution in [1.29, 1.82) is 0 Å². The molecule has 1 atom stereocenters. The SMILES string of the molecule is Cc1c[nH]c(=S)n1C(C)C1CC1. The normalized spacial score (nSPS) is 19.5. The third kappa shape index (κ3) is 1.22.